The van der Waals surface area contributed by atoms with Crippen molar-refractivity contribution in [3.8, 4) is 5.75 Å². The molecule has 1 atom stereocenters. The molecule has 2 N–H and O–H groups in total. The van der Waals surface area contributed by atoms with Gasteiger partial charge in [-0.15, -0.1) is 0 Å². The molecule has 2 rings (SSSR count). The summed E-state index contributed by atoms with van der Waals surface area (Å²) < 4.78 is 0. The molecule has 0 spiro atoms. The fraction of sp³-hybridized carbons (Fsp3) is 0.412. The number of aliphatic hydroxyl groups is 1. The predicted octanol–water partition coefficient (Wildman–Crippen LogP) is 4.39. The highest BCUT2D eigenvalue weighted by molar-refractivity contribution is 5.40. The van der Waals surface area contributed by atoms with Crippen molar-refractivity contribution in [3.05, 3.63) is 52.8 Å². The molecule has 1 aliphatic carbocycles. The average Bonchev–Trinajstić information content (AvgIpc) is 2.35. The van der Waals surface area contributed by atoms with Gasteiger partial charge >= 0.3 is 0 Å². The molecule has 102 valence electrons. The van der Waals surface area contributed by atoms with Gasteiger partial charge in [0.25, 0.3) is 0 Å². The van der Waals surface area contributed by atoms with Gasteiger partial charge in [0.15, 0.2) is 0 Å². The highest BCUT2D eigenvalue weighted by atomic mass is 16.3. The zero-order valence-corrected chi connectivity index (χ0v) is 12.1. The van der Waals surface area contributed by atoms with E-state index in [0.717, 1.165) is 17.6 Å². The summed E-state index contributed by atoms with van der Waals surface area (Å²) in [5.41, 5.74) is 3.03. The Labute approximate surface area is 115 Å². The Morgan fingerprint density at radius 2 is 1.84 bits per heavy atom. The van der Waals surface area contributed by atoms with E-state index in [1.165, 1.54) is 5.56 Å². The van der Waals surface area contributed by atoms with Crippen LogP contribution in [-0.2, 0) is 5.41 Å². The normalized spacial score (nSPS) is 19.9. The summed E-state index contributed by atoms with van der Waals surface area (Å²) in [5, 5.41) is 19.3. The van der Waals surface area contributed by atoms with Crippen molar-refractivity contribution in [1.29, 1.82) is 0 Å². The van der Waals surface area contributed by atoms with Gasteiger partial charge in [0.2, 0.25) is 0 Å². The molecule has 1 unspecified atom stereocenters. The number of hydrogen-bond donors (Lipinski definition) is 2. The van der Waals surface area contributed by atoms with Crippen LogP contribution >= 0.6 is 0 Å². The van der Waals surface area contributed by atoms with Crippen LogP contribution in [0.15, 0.2) is 41.7 Å². The van der Waals surface area contributed by atoms with Crippen LogP contribution < -0.4 is 0 Å². The van der Waals surface area contributed by atoms with E-state index in [1.54, 1.807) is 6.07 Å². The van der Waals surface area contributed by atoms with Gasteiger partial charge in [-0.3, -0.25) is 0 Å². The number of phenolic OH excluding ortho intramolecular Hbond substituents is 1. The molecular formula is C17H22O2. The second-order valence-electron chi connectivity index (χ2n) is 6.00. The average molecular weight is 258 g/mol. The summed E-state index contributed by atoms with van der Waals surface area (Å²) >= 11 is 0. The van der Waals surface area contributed by atoms with E-state index in [-0.39, 0.29) is 5.41 Å². The maximum atomic E-state index is 9.67. The van der Waals surface area contributed by atoms with Gasteiger partial charge in [0.05, 0.1) is 0 Å². The summed E-state index contributed by atoms with van der Waals surface area (Å²) in [6.07, 6.45) is 4.89. The minimum Gasteiger partial charge on any atom is -0.508 e. The third-order valence-electron chi connectivity index (χ3n) is 4.29. The zero-order chi connectivity index (χ0) is 14.2. The Bertz CT molecular complexity index is 550. The molecule has 19 heavy (non-hydrogen) atoms. The van der Waals surface area contributed by atoms with Crippen molar-refractivity contribution in [2.45, 2.75) is 39.5 Å². The van der Waals surface area contributed by atoms with Gasteiger partial charge < -0.3 is 10.2 Å². The van der Waals surface area contributed by atoms with Gasteiger partial charge in [0, 0.05) is 0 Å². The van der Waals surface area contributed by atoms with E-state index in [4.69, 9.17) is 0 Å². The molecule has 1 aromatic carbocycles. The van der Waals surface area contributed by atoms with E-state index < -0.39 is 0 Å². The van der Waals surface area contributed by atoms with E-state index >= 15 is 0 Å². The Morgan fingerprint density at radius 3 is 2.42 bits per heavy atom. The molecule has 0 fully saturated rings. The third kappa shape index (κ3) is 2.53. The van der Waals surface area contributed by atoms with Gasteiger partial charge in [-0.1, -0.05) is 32.1 Å². The van der Waals surface area contributed by atoms with Crippen LogP contribution in [0.2, 0.25) is 0 Å². The Kier molecular flexibility index (Phi) is 3.44. The minimum absolute atomic E-state index is 0.0308. The van der Waals surface area contributed by atoms with Crippen LogP contribution in [0.3, 0.4) is 0 Å². The monoisotopic (exact) mass is 258 g/mol. The number of phenols is 1. The van der Waals surface area contributed by atoms with Crippen molar-refractivity contribution in [2.24, 2.45) is 5.92 Å². The Hall–Kier alpha value is -1.70. The fourth-order valence-electron chi connectivity index (χ4n) is 2.63. The summed E-state index contributed by atoms with van der Waals surface area (Å²) in [5.74, 6) is 1.09. The van der Waals surface area contributed by atoms with Crippen LogP contribution in [0.25, 0.3) is 0 Å². The first-order valence-electron chi connectivity index (χ1n) is 6.70. The number of aromatic hydroxyl groups is 1. The zero-order valence-electron chi connectivity index (χ0n) is 12.1. The lowest BCUT2D eigenvalue weighted by Crippen LogP contribution is -2.28. The second kappa shape index (κ2) is 4.76. The SMILES string of the molecule is CC1=CC(C(C)(C)c2ccc(O)c(C)c2)CC=C1O. The first-order chi connectivity index (χ1) is 8.82. The fourth-order valence-corrected chi connectivity index (χ4v) is 2.63. The third-order valence-corrected chi connectivity index (χ3v) is 4.29. The van der Waals surface area contributed by atoms with Gasteiger partial charge in [-0.2, -0.15) is 0 Å². The Morgan fingerprint density at radius 1 is 1.16 bits per heavy atom. The molecule has 0 bridgehead atoms. The lowest BCUT2D eigenvalue weighted by Gasteiger charge is -2.35. The number of rotatable bonds is 2. The van der Waals surface area contributed by atoms with E-state index in [1.807, 2.05) is 26.0 Å². The van der Waals surface area contributed by atoms with E-state index in [0.29, 0.717) is 17.4 Å². The summed E-state index contributed by atoms with van der Waals surface area (Å²) in [7, 11) is 0. The molecule has 0 heterocycles. The second-order valence-corrected chi connectivity index (χ2v) is 6.00. The first kappa shape index (κ1) is 13.7. The summed E-state index contributed by atoms with van der Waals surface area (Å²) in [6, 6.07) is 5.81. The van der Waals surface area contributed by atoms with Crippen LogP contribution in [0.4, 0.5) is 0 Å². The van der Waals surface area contributed by atoms with E-state index in [2.05, 4.69) is 26.0 Å². The maximum absolute atomic E-state index is 9.67. The predicted molar refractivity (Wildman–Crippen MR) is 78.4 cm³/mol. The number of hydrogen-bond acceptors (Lipinski definition) is 2. The van der Waals surface area contributed by atoms with Gasteiger partial charge in [-0.05, 0) is 60.4 Å². The van der Waals surface area contributed by atoms with Crippen molar-refractivity contribution >= 4 is 0 Å². The number of allylic oxidation sites excluding steroid dienone is 3. The lowest BCUT2D eigenvalue weighted by atomic mass is 9.70. The molecule has 0 saturated heterocycles. The first-order valence-corrected chi connectivity index (χ1v) is 6.70. The molecule has 1 aromatic rings. The summed E-state index contributed by atoms with van der Waals surface area (Å²) in [6.45, 7) is 8.28. The van der Waals surface area contributed by atoms with Crippen molar-refractivity contribution in [2.75, 3.05) is 0 Å². The Balaban J connectivity index is 2.35. The minimum atomic E-state index is -0.0308. The van der Waals surface area contributed by atoms with Crippen LogP contribution in [0.1, 0.15) is 38.3 Å². The van der Waals surface area contributed by atoms with Gasteiger partial charge in [-0.25, -0.2) is 0 Å². The molecule has 2 nitrogen and oxygen atoms in total. The topological polar surface area (TPSA) is 40.5 Å². The van der Waals surface area contributed by atoms with Crippen LogP contribution in [0.5, 0.6) is 5.75 Å². The smallest absolute Gasteiger partial charge is 0.118 e. The highest BCUT2D eigenvalue weighted by Gasteiger charge is 2.31. The molecule has 0 radical (unpaired) electrons. The molecule has 0 aromatic heterocycles. The quantitative estimate of drug-likeness (QED) is 0.826. The van der Waals surface area contributed by atoms with Crippen molar-refractivity contribution in [3.63, 3.8) is 0 Å². The standard InChI is InChI=1S/C17H22O2/c1-11-9-13(5-7-15(11)18)17(3,4)14-6-8-16(19)12(2)10-14/h5,7-10,14,18-19H,6H2,1-4H3. The number of benzene rings is 1. The molecule has 0 amide bonds. The molecule has 0 saturated carbocycles. The van der Waals surface area contributed by atoms with Crippen molar-refractivity contribution in [1.82, 2.24) is 0 Å². The lowest BCUT2D eigenvalue weighted by molar-refractivity contribution is 0.356. The maximum Gasteiger partial charge on any atom is 0.118 e. The van der Waals surface area contributed by atoms with Gasteiger partial charge in [0.1, 0.15) is 11.5 Å². The molecule has 0 aliphatic heterocycles. The molecule has 1 aliphatic rings. The number of aryl methyl sites for hydroxylation is 1. The largest absolute Gasteiger partial charge is 0.508 e. The molecular weight excluding hydrogens is 236 g/mol. The van der Waals surface area contributed by atoms with Crippen LogP contribution in [-0.4, -0.2) is 10.2 Å². The van der Waals surface area contributed by atoms with Crippen molar-refractivity contribution < 1.29 is 10.2 Å². The van der Waals surface area contributed by atoms with E-state index in [9.17, 15) is 10.2 Å². The molecule has 2 heteroatoms. The number of aliphatic hydroxyl groups excluding tert-OH is 1. The van der Waals surface area contributed by atoms with Crippen LogP contribution in [0, 0.1) is 12.8 Å². The highest BCUT2D eigenvalue weighted by Crippen LogP contribution is 2.39. The summed E-state index contributed by atoms with van der Waals surface area (Å²) in [4.78, 5) is 0.